The Hall–Kier alpha value is -1.43. The van der Waals surface area contributed by atoms with Crippen molar-refractivity contribution in [3.8, 4) is 0 Å². The quantitative estimate of drug-likeness (QED) is 0.856. The zero-order valence-corrected chi connectivity index (χ0v) is 13.0. The average molecular weight is 310 g/mol. The van der Waals surface area contributed by atoms with E-state index in [-0.39, 0.29) is 19.3 Å². The van der Waals surface area contributed by atoms with Crippen LogP contribution in [0.3, 0.4) is 0 Å². The smallest absolute Gasteiger partial charge is 0.138 e. The number of nitrogens with zero attached hydrogens (tertiary/aromatic N) is 3. The van der Waals surface area contributed by atoms with Gasteiger partial charge in [-0.25, -0.2) is 9.67 Å². The number of aliphatic hydroxyl groups is 2. The first kappa shape index (κ1) is 15.9. The fourth-order valence-electron chi connectivity index (χ4n) is 2.40. The minimum Gasteiger partial charge on any atom is -0.395 e. The van der Waals surface area contributed by atoms with E-state index in [2.05, 4.69) is 10.1 Å². The summed E-state index contributed by atoms with van der Waals surface area (Å²) in [6, 6.07) is 7.36. The Labute approximate surface area is 129 Å². The van der Waals surface area contributed by atoms with Gasteiger partial charge < -0.3 is 10.2 Å². The third kappa shape index (κ3) is 3.26. The van der Waals surface area contributed by atoms with Crippen LogP contribution in [0.15, 0.2) is 30.6 Å². The molecule has 114 valence electrons. The van der Waals surface area contributed by atoms with Crippen molar-refractivity contribution < 1.29 is 10.2 Å². The summed E-state index contributed by atoms with van der Waals surface area (Å²) in [6.07, 6.45) is 1.88. The maximum absolute atomic E-state index is 9.89. The molecule has 0 spiro atoms. The molecule has 0 aliphatic carbocycles. The summed E-state index contributed by atoms with van der Waals surface area (Å²) < 4.78 is 1.80. The zero-order valence-electron chi connectivity index (χ0n) is 12.2. The number of rotatable bonds is 6. The maximum atomic E-state index is 9.89. The van der Waals surface area contributed by atoms with E-state index >= 15 is 0 Å². The van der Waals surface area contributed by atoms with Crippen molar-refractivity contribution in [3.63, 3.8) is 0 Å². The number of hydrogen-bond donors (Lipinski definition) is 2. The molecule has 21 heavy (non-hydrogen) atoms. The topological polar surface area (TPSA) is 71.2 Å². The van der Waals surface area contributed by atoms with Crippen LogP contribution in [0, 0.1) is 0 Å². The molecule has 0 saturated carbocycles. The largest absolute Gasteiger partial charge is 0.395 e. The standard InChI is InChI=1S/C15H20ClN3O2/c1-11(2)19-14(17-10-18-19)7-15(8-20,9-21)12-4-3-5-13(16)6-12/h3-6,10-11,20-21H,7-9H2,1-2H3. The first-order chi connectivity index (χ1) is 10.0. The molecule has 0 aliphatic rings. The number of aliphatic hydroxyl groups excluding tert-OH is 2. The lowest BCUT2D eigenvalue weighted by molar-refractivity contribution is 0.113. The molecule has 0 radical (unpaired) electrons. The molecule has 1 aromatic heterocycles. The van der Waals surface area contributed by atoms with Gasteiger partial charge >= 0.3 is 0 Å². The lowest BCUT2D eigenvalue weighted by atomic mass is 9.78. The molecule has 5 nitrogen and oxygen atoms in total. The molecule has 0 aliphatic heterocycles. The van der Waals surface area contributed by atoms with Gasteiger partial charge in [0.25, 0.3) is 0 Å². The van der Waals surface area contributed by atoms with Crippen molar-refractivity contribution in [2.24, 2.45) is 0 Å². The van der Waals surface area contributed by atoms with Crippen LogP contribution >= 0.6 is 11.6 Å². The van der Waals surface area contributed by atoms with Crippen LogP contribution in [0.2, 0.25) is 5.02 Å². The Balaban J connectivity index is 2.41. The van der Waals surface area contributed by atoms with E-state index < -0.39 is 5.41 Å². The maximum Gasteiger partial charge on any atom is 0.138 e. The molecule has 1 heterocycles. The molecule has 1 aromatic carbocycles. The second kappa shape index (κ2) is 6.56. The molecule has 0 saturated heterocycles. The van der Waals surface area contributed by atoms with Gasteiger partial charge in [0.15, 0.2) is 0 Å². The summed E-state index contributed by atoms with van der Waals surface area (Å²) >= 11 is 6.03. The van der Waals surface area contributed by atoms with Gasteiger partial charge in [-0.2, -0.15) is 5.10 Å². The van der Waals surface area contributed by atoms with Crippen molar-refractivity contribution in [2.75, 3.05) is 13.2 Å². The third-order valence-electron chi connectivity index (χ3n) is 3.68. The summed E-state index contributed by atoms with van der Waals surface area (Å²) in [5.41, 5.74) is -0.0387. The Morgan fingerprint density at radius 1 is 1.29 bits per heavy atom. The Kier molecular flexibility index (Phi) is 4.98. The van der Waals surface area contributed by atoms with Gasteiger partial charge in [0.2, 0.25) is 0 Å². The molecule has 6 heteroatoms. The van der Waals surface area contributed by atoms with E-state index in [1.54, 1.807) is 16.8 Å². The molecule has 0 bridgehead atoms. The van der Waals surface area contributed by atoms with Gasteiger partial charge in [0, 0.05) is 22.9 Å². The zero-order chi connectivity index (χ0) is 15.5. The van der Waals surface area contributed by atoms with Crippen LogP contribution < -0.4 is 0 Å². The number of benzene rings is 1. The van der Waals surface area contributed by atoms with Crippen molar-refractivity contribution in [1.29, 1.82) is 0 Å². The highest BCUT2D eigenvalue weighted by Gasteiger charge is 2.33. The van der Waals surface area contributed by atoms with E-state index in [1.165, 1.54) is 6.33 Å². The molecule has 0 unspecified atom stereocenters. The summed E-state index contributed by atoms with van der Waals surface area (Å²) in [4.78, 5) is 4.26. The Morgan fingerprint density at radius 2 is 2.00 bits per heavy atom. The minimum atomic E-state index is -0.829. The summed E-state index contributed by atoms with van der Waals surface area (Å²) in [5.74, 6) is 0.730. The van der Waals surface area contributed by atoms with Gasteiger partial charge in [-0.15, -0.1) is 0 Å². The van der Waals surface area contributed by atoms with E-state index in [9.17, 15) is 10.2 Å². The predicted octanol–water partition coefficient (Wildman–Crippen LogP) is 1.98. The van der Waals surface area contributed by atoms with Crippen LogP contribution in [-0.2, 0) is 11.8 Å². The molecule has 2 aromatic rings. The van der Waals surface area contributed by atoms with E-state index in [0.717, 1.165) is 11.4 Å². The third-order valence-corrected chi connectivity index (χ3v) is 3.91. The van der Waals surface area contributed by atoms with Crippen molar-refractivity contribution >= 4 is 11.6 Å². The summed E-state index contributed by atoms with van der Waals surface area (Å²) in [7, 11) is 0. The monoisotopic (exact) mass is 309 g/mol. The van der Waals surface area contributed by atoms with Crippen molar-refractivity contribution in [2.45, 2.75) is 31.7 Å². The highest BCUT2D eigenvalue weighted by Crippen LogP contribution is 2.29. The SMILES string of the molecule is CC(C)n1ncnc1CC(CO)(CO)c1cccc(Cl)c1. The summed E-state index contributed by atoms with van der Waals surface area (Å²) in [5, 5.41) is 24.5. The number of aromatic nitrogens is 3. The molecule has 0 fully saturated rings. The minimum absolute atomic E-state index is 0.164. The Bertz CT molecular complexity index is 594. The van der Waals surface area contributed by atoms with Gasteiger partial charge in [-0.3, -0.25) is 0 Å². The first-order valence-corrected chi connectivity index (χ1v) is 7.26. The second-order valence-electron chi connectivity index (χ2n) is 5.50. The molecule has 2 N–H and O–H groups in total. The molecular formula is C15H20ClN3O2. The highest BCUT2D eigenvalue weighted by molar-refractivity contribution is 6.30. The van der Waals surface area contributed by atoms with Crippen LogP contribution in [0.25, 0.3) is 0 Å². The van der Waals surface area contributed by atoms with Gasteiger partial charge in [0.05, 0.1) is 13.2 Å². The van der Waals surface area contributed by atoms with E-state index in [4.69, 9.17) is 11.6 Å². The molecule has 0 amide bonds. The number of halogens is 1. The van der Waals surface area contributed by atoms with Crippen LogP contribution in [0.4, 0.5) is 0 Å². The van der Waals surface area contributed by atoms with Gasteiger partial charge in [-0.1, -0.05) is 23.7 Å². The molecule has 0 atom stereocenters. The molecule has 2 rings (SSSR count). The second-order valence-corrected chi connectivity index (χ2v) is 5.93. The highest BCUT2D eigenvalue weighted by atomic mass is 35.5. The van der Waals surface area contributed by atoms with Crippen LogP contribution in [0.5, 0.6) is 0 Å². The average Bonchev–Trinajstić information content (AvgIpc) is 2.93. The van der Waals surface area contributed by atoms with Gasteiger partial charge in [0.1, 0.15) is 12.2 Å². The van der Waals surface area contributed by atoms with Crippen LogP contribution in [-0.4, -0.2) is 38.2 Å². The van der Waals surface area contributed by atoms with Crippen molar-refractivity contribution in [3.05, 3.63) is 47.0 Å². The van der Waals surface area contributed by atoms with E-state index in [0.29, 0.717) is 11.4 Å². The normalized spacial score (nSPS) is 12.1. The fraction of sp³-hybridized carbons (Fsp3) is 0.467. The van der Waals surface area contributed by atoms with Crippen molar-refractivity contribution in [1.82, 2.24) is 14.8 Å². The first-order valence-electron chi connectivity index (χ1n) is 6.88. The predicted molar refractivity (Wildman–Crippen MR) is 81.4 cm³/mol. The van der Waals surface area contributed by atoms with E-state index in [1.807, 2.05) is 26.0 Å². The van der Waals surface area contributed by atoms with Crippen LogP contribution in [0.1, 0.15) is 31.3 Å². The Morgan fingerprint density at radius 3 is 2.57 bits per heavy atom. The lowest BCUT2D eigenvalue weighted by Crippen LogP contribution is -2.38. The fourth-order valence-corrected chi connectivity index (χ4v) is 2.59. The van der Waals surface area contributed by atoms with Gasteiger partial charge in [-0.05, 0) is 31.5 Å². The lowest BCUT2D eigenvalue weighted by Gasteiger charge is -2.30. The summed E-state index contributed by atoms with van der Waals surface area (Å²) in [6.45, 7) is 3.62. The molecular weight excluding hydrogens is 290 g/mol. The number of hydrogen-bond acceptors (Lipinski definition) is 4.